The molecule has 0 aliphatic carbocycles. The van der Waals surface area contributed by atoms with Gasteiger partial charge in [-0.3, -0.25) is 9.98 Å². The van der Waals surface area contributed by atoms with Crippen molar-refractivity contribution in [3.8, 4) is 0 Å². The highest BCUT2D eigenvalue weighted by molar-refractivity contribution is 8.14. The zero-order valence-electron chi connectivity index (χ0n) is 9.03. The van der Waals surface area contributed by atoms with Gasteiger partial charge in [0.1, 0.15) is 0 Å². The van der Waals surface area contributed by atoms with Gasteiger partial charge in [0, 0.05) is 11.4 Å². The summed E-state index contributed by atoms with van der Waals surface area (Å²) in [6.45, 7) is 4.13. The minimum Gasteiger partial charge on any atom is -0.334 e. The molecule has 0 spiro atoms. The molecule has 0 radical (unpaired) electrons. The fourth-order valence-electron chi connectivity index (χ4n) is 1.36. The quantitative estimate of drug-likeness (QED) is 0.792. The van der Waals surface area contributed by atoms with E-state index in [1.54, 1.807) is 11.8 Å². The van der Waals surface area contributed by atoms with Crippen LogP contribution in [0.2, 0.25) is 0 Å². The highest BCUT2D eigenvalue weighted by Crippen LogP contribution is 2.19. The maximum absolute atomic E-state index is 4.54. The molecule has 0 saturated carbocycles. The Hall–Kier alpha value is -1.03. The van der Waals surface area contributed by atoms with E-state index in [0.717, 1.165) is 22.3 Å². The topological polar surface area (TPSA) is 37.3 Å². The van der Waals surface area contributed by atoms with Crippen LogP contribution in [0, 0.1) is 6.92 Å². The van der Waals surface area contributed by atoms with E-state index in [9.17, 15) is 0 Å². The summed E-state index contributed by atoms with van der Waals surface area (Å²) in [7, 11) is 0. The Morgan fingerprint density at radius 2 is 2.33 bits per heavy atom. The van der Waals surface area contributed by atoms with E-state index in [0.29, 0.717) is 6.04 Å². The molecule has 1 aliphatic heterocycles. The van der Waals surface area contributed by atoms with Crippen LogP contribution in [0.3, 0.4) is 0 Å². The van der Waals surface area contributed by atoms with Crippen LogP contribution >= 0.6 is 11.8 Å². The lowest BCUT2D eigenvalue weighted by molar-refractivity contribution is 0.720. The van der Waals surface area contributed by atoms with Gasteiger partial charge in [0.15, 0.2) is 5.17 Å². The third-order valence-corrected chi connectivity index (χ3v) is 3.20. The molecule has 1 aliphatic rings. The van der Waals surface area contributed by atoms with Crippen molar-refractivity contribution in [2.24, 2.45) is 4.99 Å². The molecule has 80 valence electrons. The standard InChI is InChI=1S/C11H15N3S/c1-8-3-4-10(7-12-8)14-11-13-9(2)5-6-15-11/h3-4,7,9H,5-6H2,1-2H3,(H,13,14). The second-order valence-electron chi connectivity index (χ2n) is 3.73. The van der Waals surface area contributed by atoms with Crippen LogP contribution < -0.4 is 5.32 Å². The first-order chi connectivity index (χ1) is 7.24. The number of aromatic nitrogens is 1. The van der Waals surface area contributed by atoms with E-state index in [1.165, 1.54) is 6.42 Å². The molecule has 2 rings (SSSR count). The molecule has 1 atom stereocenters. The molecule has 1 aromatic rings. The maximum atomic E-state index is 4.54. The first kappa shape index (κ1) is 10.5. The molecule has 2 heterocycles. The van der Waals surface area contributed by atoms with Gasteiger partial charge >= 0.3 is 0 Å². The summed E-state index contributed by atoms with van der Waals surface area (Å²) in [6.07, 6.45) is 3.01. The highest BCUT2D eigenvalue weighted by Gasteiger charge is 2.11. The minimum atomic E-state index is 0.437. The molecule has 1 unspecified atom stereocenters. The number of nitrogens with zero attached hydrogens (tertiary/aromatic N) is 2. The van der Waals surface area contributed by atoms with Gasteiger partial charge in [-0.2, -0.15) is 0 Å². The summed E-state index contributed by atoms with van der Waals surface area (Å²) in [5, 5.41) is 4.30. The van der Waals surface area contributed by atoms with Gasteiger partial charge in [-0.1, -0.05) is 11.8 Å². The van der Waals surface area contributed by atoms with Crippen molar-refractivity contribution in [3.63, 3.8) is 0 Å². The molecule has 0 aromatic carbocycles. The monoisotopic (exact) mass is 221 g/mol. The summed E-state index contributed by atoms with van der Waals surface area (Å²) in [5.41, 5.74) is 2.05. The average Bonchev–Trinajstić information content (AvgIpc) is 2.22. The highest BCUT2D eigenvalue weighted by atomic mass is 32.2. The number of thioether (sulfide) groups is 1. The smallest absolute Gasteiger partial charge is 0.161 e. The normalized spacial score (nSPS) is 20.9. The first-order valence-corrected chi connectivity index (χ1v) is 6.13. The van der Waals surface area contributed by atoms with E-state index in [1.807, 2.05) is 25.3 Å². The number of rotatable bonds is 1. The molecule has 1 N–H and O–H groups in total. The van der Waals surface area contributed by atoms with Crippen LogP contribution in [0.5, 0.6) is 0 Å². The Balaban J connectivity index is 2.05. The first-order valence-electron chi connectivity index (χ1n) is 5.14. The number of aliphatic imine (C=N–C) groups is 1. The second kappa shape index (κ2) is 4.66. The lowest BCUT2D eigenvalue weighted by atomic mass is 10.3. The number of hydrogen-bond acceptors (Lipinski definition) is 4. The number of nitrogens with one attached hydrogen (secondary N) is 1. The zero-order chi connectivity index (χ0) is 10.7. The van der Waals surface area contributed by atoms with Crippen molar-refractivity contribution < 1.29 is 0 Å². The lowest BCUT2D eigenvalue weighted by Crippen LogP contribution is -2.18. The van der Waals surface area contributed by atoms with Gasteiger partial charge in [-0.25, -0.2) is 0 Å². The largest absolute Gasteiger partial charge is 0.334 e. The Labute approximate surface area is 94.4 Å². The maximum Gasteiger partial charge on any atom is 0.161 e. The molecular formula is C11H15N3S. The SMILES string of the molecule is Cc1ccc(NC2=NC(C)CCS2)cn1. The van der Waals surface area contributed by atoms with Crippen LogP contribution in [-0.2, 0) is 0 Å². The Kier molecular flexibility index (Phi) is 3.26. The van der Waals surface area contributed by atoms with Gasteiger partial charge in [0.2, 0.25) is 0 Å². The molecular weight excluding hydrogens is 206 g/mol. The predicted octanol–water partition coefficient (Wildman–Crippen LogP) is 2.68. The molecule has 4 heteroatoms. The minimum absolute atomic E-state index is 0.437. The molecule has 0 saturated heterocycles. The number of amidine groups is 1. The van der Waals surface area contributed by atoms with Gasteiger partial charge in [-0.05, 0) is 32.4 Å². The number of pyridine rings is 1. The summed E-state index contributed by atoms with van der Waals surface area (Å²) in [5.74, 6) is 1.15. The molecule has 3 nitrogen and oxygen atoms in total. The summed E-state index contributed by atoms with van der Waals surface area (Å²) in [6, 6.07) is 4.47. The Morgan fingerprint density at radius 1 is 1.47 bits per heavy atom. The van der Waals surface area contributed by atoms with Crippen molar-refractivity contribution in [3.05, 3.63) is 24.0 Å². The van der Waals surface area contributed by atoms with Crippen LogP contribution in [0.1, 0.15) is 19.0 Å². The average molecular weight is 221 g/mol. The molecule has 1 aromatic heterocycles. The van der Waals surface area contributed by atoms with E-state index in [4.69, 9.17) is 0 Å². The van der Waals surface area contributed by atoms with Crippen molar-refractivity contribution in [2.75, 3.05) is 11.1 Å². The third-order valence-electron chi connectivity index (χ3n) is 2.27. The molecule has 0 amide bonds. The lowest BCUT2D eigenvalue weighted by Gasteiger charge is -2.17. The van der Waals surface area contributed by atoms with E-state index < -0.39 is 0 Å². The van der Waals surface area contributed by atoms with Gasteiger partial charge < -0.3 is 5.32 Å². The van der Waals surface area contributed by atoms with Gasteiger partial charge in [0.05, 0.1) is 17.9 Å². The molecule has 0 fully saturated rings. The third kappa shape index (κ3) is 2.96. The van der Waals surface area contributed by atoms with Crippen LogP contribution in [0.15, 0.2) is 23.3 Å². The van der Waals surface area contributed by atoms with Gasteiger partial charge in [0.25, 0.3) is 0 Å². The van der Waals surface area contributed by atoms with Crippen molar-refractivity contribution in [1.82, 2.24) is 4.98 Å². The Morgan fingerprint density at radius 3 is 3.00 bits per heavy atom. The summed E-state index contributed by atoms with van der Waals surface area (Å²) in [4.78, 5) is 8.78. The fraction of sp³-hybridized carbons (Fsp3) is 0.455. The van der Waals surface area contributed by atoms with E-state index in [-0.39, 0.29) is 0 Å². The van der Waals surface area contributed by atoms with Crippen molar-refractivity contribution >= 4 is 22.6 Å². The summed E-state index contributed by atoms with van der Waals surface area (Å²) >= 11 is 1.78. The zero-order valence-corrected chi connectivity index (χ0v) is 9.84. The fourth-order valence-corrected chi connectivity index (χ4v) is 2.46. The van der Waals surface area contributed by atoms with Crippen LogP contribution in [0.4, 0.5) is 5.69 Å². The van der Waals surface area contributed by atoms with E-state index >= 15 is 0 Å². The van der Waals surface area contributed by atoms with Crippen molar-refractivity contribution in [2.45, 2.75) is 26.3 Å². The predicted molar refractivity (Wildman–Crippen MR) is 66.6 cm³/mol. The van der Waals surface area contributed by atoms with E-state index in [2.05, 4.69) is 22.2 Å². The van der Waals surface area contributed by atoms with Crippen molar-refractivity contribution in [1.29, 1.82) is 0 Å². The van der Waals surface area contributed by atoms with Crippen LogP contribution in [-0.4, -0.2) is 21.9 Å². The number of hydrogen-bond donors (Lipinski definition) is 1. The number of anilines is 1. The second-order valence-corrected chi connectivity index (χ2v) is 4.82. The van der Waals surface area contributed by atoms with Gasteiger partial charge in [-0.15, -0.1) is 0 Å². The molecule has 15 heavy (non-hydrogen) atoms. The molecule has 0 bridgehead atoms. The van der Waals surface area contributed by atoms with Crippen LogP contribution in [0.25, 0.3) is 0 Å². The number of aryl methyl sites for hydroxylation is 1. The Bertz CT molecular complexity index is 359. The summed E-state index contributed by atoms with van der Waals surface area (Å²) < 4.78 is 0.